The van der Waals surface area contributed by atoms with Gasteiger partial charge in [-0.05, 0) is 50.2 Å². The molecule has 1 amide bonds. The van der Waals surface area contributed by atoms with E-state index in [1.807, 2.05) is 49.1 Å². The van der Waals surface area contributed by atoms with Crippen LogP contribution in [0.3, 0.4) is 0 Å². The van der Waals surface area contributed by atoms with Crippen molar-refractivity contribution in [3.05, 3.63) is 72.6 Å². The monoisotopic (exact) mass is 479 g/mol. The van der Waals surface area contributed by atoms with Crippen LogP contribution in [0.4, 0.5) is 10.2 Å². The van der Waals surface area contributed by atoms with E-state index in [1.165, 1.54) is 25.1 Å². The molecule has 35 heavy (non-hydrogen) atoms. The van der Waals surface area contributed by atoms with Crippen LogP contribution in [0.25, 0.3) is 11.7 Å². The normalized spacial score (nSPS) is 19.3. The Morgan fingerprint density at radius 2 is 2.03 bits per heavy atom. The zero-order chi connectivity index (χ0) is 25.0. The highest BCUT2D eigenvalue weighted by Gasteiger charge is 2.46. The average molecular weight is 480 g/mol. The molecule has 1 aliphatic heterocycles. The number of nitrogens with zero attached hydrogens (tertiary/aromatic N) is 4. The van der Waals surface area contributed by atoms with Gasteiger partial charge in [0, 0.05) is 25.7 Å². The Hall–Kier alpha value is -3.55. The van der Waals surface area contributed by atoms with Gasteiger partial charge in [-0.3, -0.25) is 4.79 Å². The Labute approximate surface area is 206 Å². The molecule has 0 bridgehead atoms. The summed E-state index contributed by atoms with van der Waals surface area (Å²) in [6, 6.07) is 0. The molecule has 1 saturated carbocycles. The van der Waals surface area contributed by atoms with Crippen LogP contribution in [0.1, 0.15) is 40.0 Å². The number of oxazole rings is 1. The molecule has 7 nitrogen and oxygen atoms in total. The van der Waals surface area contributed by atoms with E-state index in [9.17, 15) is 9.18 Å². The lowest BCUT2D eigenvalue weighted by Crippen LogP contribution is -2.24. The molecule has 2 fully saturated rings. The summed E-state index contributed by atoms with van der Waals surface area (Å²) >= 11 is 0. The van der Waals surface area contributed by atoms with Gasteiger partial charge in [-0.1, -0.05) is 43.7 Å². The number of allylic oxidation sites excluding steroid dienone is 7. The third kappa shape index (κ3) is 8.02. The first-order valence-electron chi connectivity index (χ1n) is 12.2. The van der Waals surface area contributed by atoms with Crippen molar-refractivity contribution in [3.63, 3.8) is 0 Å². The number of nitrogens with one attached hydrogen (secondary N) is 1. The van der Waals surface area contributed by atoms with Gasteiger partial charge in [0.15, 0.2) is 11.6 Å². The highest BCUT2D eigenvalue weighted by molar-refractivity contribution is 5.88. The molecule has 1 saturated heterocycles. The lowest BCUT2D eigenvalue weighted by atomic mass is 10.1. The molecule has 2 aromatic rings. The highest BCUT2D eigenvalue weighted by atomic mass is 19.1. The van der Waals surface area contributed by atoms with E-state index in [0.717, 1.165) is 43.3 Å². The lowest BCUT2D eigenvalue weighted by Gasteiger charge is -2.19. The second-order valence-corrected chi connectivity index (χ2v) is 8.47. The summed E-state index contributed by atoms with van der Waals surface area (Å²) in [7, 11) is 0. The smallest absolute Gasteiger partial charge is 0.264 e. The van der Waals surface area contributed by atoms with Crippen molar-refractivity contribution < 1.29 is 13.6 Å². The van der Waals surface area contributed by atoms with Crippen molar-refractivity contribution in [1.29, 1.82) is 0 Å². The van der Waals surface area contributed by atoms with E-state index in [4.69, 9.17) is 4.42 Å². The standard InChI is InChI=1S/C15H23NO.C12H11FN4O/c1-4-7-9-11-14(10-8-5-2)12-13-15(17)16-6-3;13-9-4-15-10(12-14-1-2-18-12)16-11(9)17-5-7-3-8(7)6-17/h5,8-13H,4,6-7H2,1-3H3,(H,16,17);1-2,4,7-8H,3,5-6H2/b8-5-,11-9+,13-12+,14-10+;. The zero-order valence-electron chi connectivity index (χ0n) is 20.7. The molecule has 1 aliphatic carbocycles. The van der Waals surface area contributed by atoms with Crippen LogP contribution in [0.15, 0.2) is 71.2 Å². The molecule has 8 heteroatoms. The maximum Gasteiger partial charge on any atom is 0.264 e. The minimum Gasteiger partial charge on any atom is -0.442 e. The van der Waals surface area contributed by atoms with Gasteiger partial charge in [-0.15, -0.1) is 0 Å². The number of anilines is 1. The number of carbonyl (C=O) groups excluding carboxylic acids is 1. The predicted octanol–water partition coefficient (Wildman–Crippen LogP) is 5.26. The summed E-state index contributed by atoms with van der Waals surface area (Å²) in [4.78, 5) is 25.4. The number of piperidine rings is 1. The molecule has 0 radical (unpaired) electrons. The third-order valence-electron chi connectivity index (χ3n) is 5.65. The van der Waals surface area contributed by atoms with Crippen LogP contribution in [0, 0.1) is 17.7 Å². The second-order valence-electron chi connectivity index (χ2n) is 8.47. The maximum atomic E-state index is 13.8. The van der Waals surface area contributed by atoms with Crippen LogP contribution >= 0.6 is 0 Å². The van der Waals surface area contributed by atoms with Crippen molar-refractivity contribution in [2.24, 2.45) is 11.8 Å². The number of hydrogen-bond acceptors (Lipinski definition) is 6. The van der Waals surface area contributed by atoms with Crippen LogP contribution in [-0.2, 0) is 4.79 Å². The minimum atomic E-state index is -0.383. The first-order valence-corrected chi connectivity index (χ1v) is 12.2. The van der Waals surface area contributed by atoms with E-state index in [0.29, 0.717) is 24.1 Å². The highest BCUT2D eigenvalue weighted by Crippen LogP contribution is 2.46. The number of hydrogen-bond donors (Lipinski definition) is 1. The Morgan fingerprint density at radius 3 is 2.69 bits per heavy atom. The quantitative estimate of drug-likeness (QED) is 0.390. The van der Waals surface area contributed by atoms with Gasteiger partial charge in [0.2, 0.25) is 11.7 Å². The van der Waals surface area contributed by atoms with Crippen molar-refractivity contribution in [3.8, 4) is 11.7 Å². The first kappa shape index (κ1) is 26.1. The summed E-state index contributed by atoms with van der Waals surface area (Å²) in [6.07, 6.45) is 21.1. The number of aromatic nitrogens is 3. The molecule has 2 unspecified atom stereocenters. The molecule has 0 spiro atoms. The van der Waals surface area contributed by atoms with Gasteiger partial charge >= 0.3 is 0 Å². The fourth-order valence-corrected chi connectivity index (χ4v) is 3.75. The minimum absolute atomic E-state index is 0.0530. The largest absolute Gasteiger partial charge is 0.442 e. The number of amides is 1. The van der Waals surface area contributed by atoms with E-state index in [2.05, 4.69) is 33.3 Å². The number of likely N-dealkylation sites (N-methyl/N-ethyl adjacent to an activating group) is 1. The predicted molar refractivity (Wildman–Crippen MR) is 136 cm³/mol. The molecule has 4 rings (SSSR count). The van der Waals surface area contributed by atoms with E-state index >= 15 is 0 Å². The summed E-state index contributed by atoms with van der Waals surface area (Å²) in [5.74, 6) is 2.03. The molecular weight excluding hydrogens is 445 g/mol. The summed E-state index contributed by atoms with van der Waals surface area (Å²) in [5, 5.41) is 2.73. The Kier molecular flexibility index (Phi) is 9.95. The van der Waals surface area contributed by atoms with Gasteiger partial charge in [0.1, 0.15) is 6.26 Å². The van der Waals surface area contributed by atoms with Crippen molar-refractivity contribution in [2.75, 3.05) is 24.5 Å². The topological polar surface area (TPSA) is 84.2 Å². The maximum absolute atomic E-state index is 13.8. The molecule has 0 aromatic carbocycles. The number of rotatable bonds is 9. The van der Waals surface area contributed by atoms with E-state index in [-0.39, 0.29) is 11.7 Å². The molecule has 2 aromatic heterocycles. The van der Waals surface area contributed by atoms with Gasteiger partial charge < -0.3 is 14.6 Å². The molecule has 3 heterocycles. The van der Waals surface area contributed by atoms with E-state index < -0.39 is 0 Å². The van der Waals surface area contributed by atoms with Crippen molar-refractivity contribution in [2.45, 2.75) is 40.0 Å². The zero-order valence-corrected chi connectivity index (χ0v) is 20.7. The van der Waals surface area contributed by atoms with Gasteiger partial charge in [0.25, 0.3) is 5.89 Å². The van der Waals surface area contributed by atoms with Crippen LogP contribution < -0.4 is 10.2 Å². The first-order chi connectivity index (χ1) is 17.0. The van der Waals surface area contributed by atoms with E-state index in [1.54, 1.807) is 6.08 Å². The number of unbranched alkanes of at least 4 members (excludes halogenated alkanes) is 1. The summed E-state index contributed by atoms with van der Waals surface area (Å²) < 4.78 is 18.9. The Balaban J connectivity index is 0.000000196. The summed E-state index contributed by atoms with van der Waals surface area (Å²) in [5.41, 5.74) is 1.03. The summed E-state index contributed by atoms with van der Waals surface area (Å²) in [6.45, 7) is 8.46. The SMILES string of the molecule is C\C=C/C=C(\C=C\CCC)/C=C/C(=O)NCC.Fc1cnc(-c2ncco2)nc1N1CC2CC2C1. The Bertz CT molecular complexity index is 1070. The fraction of sp³-hybridized carbons (Fsp3) is 0.407. The van der Waals surface area contributed by atoms with Gasteiger partial charge in [-0.2, -0.15) is 0 Å². The van der Waals surface area contributed by atoms with Crippen LogP contribution in [0.2, 0.25) is 0 Å². The van der Waals surface area contributed by atoms with Crippen molar-refractivity contribution >= 4 is 11.7 Å². The number of halogens is 1. The molecule has 1 N–H and O–H groups in total. The molecule has 186 valence electrons. The average Bonchev–Trinajstić information content (AvgIpc) is 3.23. The molecule has 2 aliphatic rings. The fourth-order valence-electron chi connectivity index (χ4n) is 3.75. The lowest BCUT2D eigenvalue weighted by molar-refractivity contribution is -0.116. The number of carbonyl (C=O) groups is 1. The second kappa shape index (κ2) is 13.4. The van der Waals surface area contributed by atoms with Crippen molar-refractivity contribution in [1.82, 2.24) is 20.3 Å². The number of fused-ring (bicyclic) bond motifs is 1. The molecular formula is C27H34FN5O2. The van der Waals surface area contributed by atoms with Crippen LogP contribution in [0.5, 0.6) is 0 Å². The molecule has 2 atom stereocenters. The van der Waals surface area contributed by atoms with Gasteiger partial charge in [0.05, 0.1) is 12.4 Å². The van der Waals surface area contributed by atoms with Crippen LogP contribution in [-0.4, -0.2) is 40.5 Å². The Morgan fingerprint density at radius 1 is 1.23 bits per heavy atom. The van der Waals surface area contributed by atoms with Gasteiger partial charge in [-0.25, -0.2) is 19.3 Å². The third-order valence-corrected chi connectivity index (χ3v) is 5.65.